The van der Waals surface area contributed by atoms with Gasteiger partial charge in [-0.2, -0.15) is 0 Å². The molecule has 0 aliphatic rings. The van der Waals surface area contributed by atoms with Crippen molar-refractivity contribution in [3.63, 3.8) is 0 Å². The Morgan fingerprint density at radius 1 is 1.00 bits per heavy atom. The summed E-state index contributed by atoms with van der Waals surface area (Å²) < 4.78 is 4.77. The molecule has 0 atom stereocenters. The third-order valence-electron chi connectivity index (χ3n) is 4.36. The first-order chi connectivity index (χ1) is 12.4. The summed E-state index contributed by atoms with van der Waals surface area (Å²) in [6, 6.07) is 7.81. The zero-order valence-electron chi connectivity index (χ0n) is 15.1. The highest BCUT2D eigenvalue weighted by Gasteiger charge is 2.16. The van der Waals surface area contributed by atoms with Crippen LogP contribution < -0.4 is 5.32 Å². The van der Waals surface area contributed by atoms with E-state index in [2.05, 4.69) is 15.3 Å². The minimum Gasteiger partial charge on any atom is -0.464 e. The van der Waals surface area contributed by atoms with Crippen LogP contribution in [0.1, 0.15) is 28.5 Å². The van der Waals surface area contributed by atoms with Crippen LogP contribution in [0, 0.1) is 13.8 Å². The van der Waals surface area contributed by atoms with Crippen molar-refractivity contribution in [3.05, 3.63) is 53.5 Å². The number of ether oxygens (including phenoxy) is 1. The molecule has 0 spiro atoms. The minimum atomic E-state index is -0.439. The maximum absolute atomic E-state index is 11.8. The van der Waals surface area contributed by atoms with Crippen LogP contribution in [0.4, 0.5) is 5.82 Å². The maximum atomic E-state index is 11.8. The summed E-state index contributed by atoms with van der Waals surface area (Å²) in [6.07, 6.45) is 3.41. The second kappa shape index (κ2) is 6.92. The number of aromatic nitrogens is 2. The topological polar surface area (TPSA) is 81.2 Å². The first-order valence-electron chi connectivity index (χ1n) is 8.13. The summed E-state index contributed by atoms with van der Waals surface area (Å²) in [6.45, 7) is 5.27. The van der Waals surface area contributed by atoms with Crippen LogP contribution in [0.15, 0.2) is 36.7 Å². The van der Waals surface area contributed by atoms with E-state index in [1.807, 2.05) is 38.1 Å². The van der Waals surface area contributed by atoms with Gasteiger partial charge in [-0.25, -0.2) is 14.8 Å². The Balaban J connectivity index is 2.04. The average molecular weight is 349 g/mol. The van der Waals surface area contributed by atoms with Crippen LogP contribution in [-0.2, 0) is 9.53 Å². The molecule has 2 aromatic heterocycles. The summed E-state index contributed by atoms with van der Waals surface area (Å²) in [5, 5.41) is 4.60. The predicted octanol–water partition coefficient (Wildman–Crippen LogP) is 3.66. The van der Waals surface area contributed by atoms with E-state index in [1.54, 1.807) is 12.4 Å². The summed E-state index contributed by atoms with van der Waals surface area (Å²) in [4.78, 5) is 31.5. The molecule has 6 nitrogen and oxygen atoms in total. The van der Waals surface area contributed by atoms with Crippen molar-refractivity contribution >= 4 is 28.5 Å². The standard InChI is InChI=1S/C20H19N3O3/c1-11-12(2)19(20(25)26-4)22-10-17(11)15-6-5-14-8-18(23-13(3)24)21-9-16(14)7-15/h5-10H,1-4H3,(H,21,23,24). The molecule has 3 rings (SSSR count). The smallest absolute Gasteiger partial charge is 0.356 e. The zero-order valence-corrected chi connectivity index (χ0v) is 15.1. The molecule has 3 aromatic rings. The van der Waals surface area contributed by atoms with Gasteiger partial charge in [0.05, 0.1) is 7.11 Å². The van der Waals surface area contributed by atoms with E-state index in [4.69, 9.17) is 4.74 Å². The molecule has 0 unspecified atom stereocenters. The van der Waals surface area contributed by atoms with Crippen molar-refractivity contribution in [2.24, 2.45) is 0 Å². The van der Waals surface area contributed by atoms with E-state index in [0.717, 1.165) is 33.0 Å². The number of benzene rings is 1. The predicted molar refractivity (Wildman–Crippen MR) is 100 cm³/mol. The second-order valence-electron chi connectivity index (χ2n) is 6.07. The Kier molecular flexibility index (Phi) is 4.67. The van der Waals surface area contributed by atoms with E-state index < -0.39 is 5.97 Å². The van der Waals surface area contributed by atoms with Gasteiger partial charge in [0.1, 0.15) is 5.82 Å². The van der Waals surface area contributed by atoms with Gasteiger partial charge in [0.2, 0.25) is 5.91 Å². The van der Waals surface area contributed by atoms with E-state index in [1.165, 1.54) is 14.0 Å². The number of methoxy groups -OCH3 is 1. The SMILES string of the molecule is COC(=O)c1ncc(-c2ccc3cc(NC(C)=O)ncc3c2)c(C)c1C. The fourth-order valence-electron chi connectivity index (χ4n) is 2.85. The molecule has 132 valence electrons. The van der Waals surface area contributed by atoms with Gasteiger partial charge in [-0.1, -0.05) is 12.1 Å². The Labute approximate surface area is 151 Å². The van der Waals surface area contributed by atoms with Gasteiger partial charge in [-0.3, -0.25) is 4.79 Å². The molecular formula is C20H19N3O3. The maximum Gasteiger partial charge on any atom is 0.356 e. The number of esters is 1. The highest BCUT2D eigenvalue weighted by atomic mass is 16.5. The molecule has 6 heteroatoms. The average Bonchev–Trinajstić information content (AvgIpc) is 2.62. The number of nitrogens with one attached hydrogen (secondary N) is 1. The van der Waals surface area contributed by atoms with E-state index in [-0.39, 0.29) is 5.91 Å². The molecule has 0 aliphatic carbocycles. The van der Waals surface area contributed by atoms with Crippen LogP contribution in [0.2, 0.25) is 0 Å². The van der Waals surface area contributed by atoms with Gasteiger partial charge < -0.3 is 10.1 Å². The lowest BCUT2D eigenvalue weighted by Gasteiger charge is -2.12. The number of carbonyl (C=O) groups excluding carboxylic acids is 2. The molecule has 0 bridgehead atoms. The van der Waals surface area contributed by atoms with Gasteiger partial charge >= 0.3 is 5.97 Å². The molecule has 0 aliphatic heterocycles. The van der Waals surface area contributed by atoms with Gasteiger partial charge in [0.15, 0.2) is 5.69 Å². The molecule has 2 heterocycles. The zero-order chi connectivity index (χ0) is 18.8. The van der Waals surface area contributed by atoms with Gasteiger partial charge in [0.25, 0.3) is 0 Å². The number of hydrogen-bond donors (Lipinski definition) is 1. The normalized spacial score (nSPS) is 10.6. The van der Waals surface area contributed by atoms with Gasteiger partial charge in [-0.15, -0.1) is 0 Å². The third-order valence-corrected chi connectivity index (χ3v) is 4.36. The van der Waals surface area contributed by atoms with E-state index in [0.29, 0.717) is 11.5 Å². The highest BCUT2D eigenvalue weighted by molar-refractivity contribution is 5.94. The number of amides is 1. The lowest BCUT2D eigenvalue weighted by atomic mass is 9.96. The van der Waals surface area contributed by atoms with E-state index in [9.17, 15) is 9.59 Å². The molecule has 0 fully saturated rings. The number of rotatable bonds is 3. The number of hydrogen-bond acceptors (Lipinski definition) is 5. The number of fused-ring (bicyclic) bond motifs is 1. The largest absolute Gasteiger partial charge is 0.464 e. The summed E-state index contributed by atoms with van der Waals surface area (Å²) in [7, 11) is 1.35. The summed E-state index contributed by atoms with van der Waals surface area (Å²) in [5.41, 5.74) is 4.03. The van der Waals surface area contributed by atoms with Crippen LogP contribution >= 0.6 is 0 Å². The highest BCUT2D eigenvalue weighted by Crippen LogP contribution is 2.29. The van der Waals surface area contributed by atoms with Crippen molar-refractivity contribution in [2.75, 3.05) is 12.4 Å². The number of pyridine rings is 2. The number of anilines is 1. The third kappa shape index (κ3) is 3.26. The molecule has 0 saturated carbocycles. The molecule has 1 amide bonds. The van der Waals surface area contributed by atoms with Crippen LogP contribution in [0.5, 0.6) is 0 Å². The van der Waals surface area contributed by atoms with Crippen LogP contribution in [-0.4, -0.2) is 29.0 Å². The number of carbonyl (C=O) groups is 2. The lowest BCUT2D eigenvalue weighted by molar-refractivity contribution is -0.114. The first-order valence-corrected chi connectivity index (χ1v) is 8.13. The summed E-state index contributed by atoms with van der Waals surface area (Å²) in [5.74, 6) is -0.0735. The molecule has 0 saturated heterocycles. The summed E-state index contributed by atoms with van der Waals surface area (Å²) >= 11 is 0. The van der Waals surface area contributed by atoms with Crippen molar-refractivity contribution in [1.29, 1.82) is 0 Å². The molecule has 0 radical (unpaired) electrons. The Morgan fingerprint density at radius 3 is 2.46 bits per heavy atom. The fraction of sp³-hybridized carbons (Fsp3) is 0.200. The molecular weight excluding hydrogens is 330 g/mol. The second-order valence-corrected chi connectivity index (χ2v) is 6.07. The van der Waals surface area contributed by atoms with E-state index >= 15 is 0 Å². The van der Waals surface area contributed by atoms with Crippen molar-refractivity contribution in [2.45, 2.75) is 20.8 Å². The minimum absolute atomic E-state index is 0.156. The monoisotopic (exact) mass is 349 g/mol. The molecule has 26 heavy (non-hydrogen) atoms. The van der Waals surface area contributed by atoms with Crippen LogP contribution in [0.25, 0.3) is 21.9 Å². The van der Waals surface area contributed by atoms with Crippen molar-refractivity contribution < 1.29 is 14.3 Å². The Morgan fingerprint density at radius 2 is 1.77 bits per heavy atom. The number of nitrogens with zero attached hydrogens (tertiary/aromatic N) is 2. The van der Waals surface area contributed by atoms with Gasteiger partial charge in [0, 0.05) is 30.3 Å². The quantitative estimate of drug-likeness (QED) is 0.730. The van der Waals surface area contributed by atoms with Crippen molar-refractivity contribution in [3.8, 4) is 11.1 Å². The Bertz CT molecular complexity index is 1030. The van der Waals surface area contributed by atoms with Gasteiger partial charge in [-0.05, 0) is 48.1 Å². The molecule has 1 aromatic carbocycles. The first kappa shape index (κ1) is 17.5. The van der Waals surface area contributed by atoms with Crippen LogP contribution in [0.3, 0.4) is 0 Å². The molecule has 1 N–H and O–H groups in total. The van der Waals surface area contributed by atoms with Crippen molar-refractivity contribution in [1.82, 2.24) is 9.97 Å². The lowest BCUT2D eigenvalue weighted by Crippen LogP contribution is -2.08. The Hall–Kier alpha value is -3.28. The fourth-order valence-corrected chi connectivity index (χ4v) is 2.85.